The molecule has 0 bridgehead atoms. The van der Waals surface area contributed by atoms with Crippen LogP contribution < -0.4 is 9.05 Å². The molecule has 0 amide bonds. The van der Waals surface area contributed by atoms with E-state index in [1.807, 2.05) is 0 Å². The minimum Gasteiger partial charge on any atom is -0.399 e. The van der Waals surface area contributed by atoms with E-state index in [4.69, 9.17) is 35.3 Å². The van der Waals surface area contributed by atoms with Gasteiger partial charge in [-0.2, -0.15) is 0 Å². The first-order chi connectivity index (χ1) is 32.7. The highest BCUT2D eigenvalue weighted by molar-refractivity contribution is 7.32. The van der Waals surface area contributed by atoms with Crippen molar-refractivity contribution in [3.8, 4) is 0 Å². The normalized spacial score (nSPS) is 19.8. The van der Waals surface area contributed by atoms with Crippen LogP contribution in [0.25, 0.3) is 43.9 Å². The molecule has 0 aliphatic carbocycles. The van der Waals surface area contributed by atoms with Crippen LogP contribution in [-0.4, -0.2) is 37.6 Å². The van der Waals surface area contributed by atoms with Crippen LogP contribution in [0, 0.1) is 0 Å². The summed E-state index contributed by atoms with van der Waals surface area (Å²) in [6.45, 7) is 54.9. The van der Waals surface area contributed by atoms with Crippen LogP contribution >= 0.6 is 16.5 Å². The van der Waals surface area contributed by atoms with Gasteiger partial charge in [0.25, 0.3) is 0 Å². The SMILES string of the molecule is CC(C)(C)c1cc(C(C)(C)C)c2op(OC3COC4C(Op5oc6c(C(C)(C)C)cc(C(C)(C)C)cc6c6cc(C(C)(C)C)cc(C(C)(C)C)c6o5)COC34)oc3c(C(C)(C)C)cc(C(C)(C)C)cc3c2c1. The van der Waals surface area contributed by atoms with Gasteiger partial charge in [0.05, 0.1) is 13.2 Å². The maximum atomic E-state index is 7.17. The van der Waals surface area contributed by atoms with Gasteiger partial charge in [-0.25, -0.2) is 0 Å². The number of hydrogen-bond donors (Lipinski definition) is 0. The van der Waals surface area contributed by atoms with Crippen LogP contribution in [0.5, 0.6) is 0 Å². The van der Waals surface area contributed by atoms with Crippen molar-refractivity contribution in [3.05, 3.63) is 93.0 Å². The Morgan fingerprint density at radius 1 is 0.319 bits per heavy atom. The second kappa shape index (κ2) is 18.1. The molecule has 394 valence electrons. The molecule has 2 fully saturated rings. The van der Waals surface area contributed by atoms with E-state index in [-0.39, 0.29) is 56.5 Å². The van der Waals surface area contributed by atoms with Gasteiger partial charge >= 0.3 is 16.5 Å². The van der Waals surface area contributed by atoms with Crippen molar-refractivity contribution in [2.75, 3.05) is 13.2 Å². The van der Waals surface area contributed by atoms with Gasteiger partial charge in [-0.05, 0) is 89.8 Å². The Balaban J connectivity index is 1.27. The summed E-state index contributed by atoms with van der Waals surface area (Å²) < 4.78 is 56.2. The zero-order chi connectivity index (χ0) is 53.4. The van der Waals surface area contributed by atoms with Crippen molar-refractivity contribution in [1.82, 2.24) is 0 Å². The Morgan fingerprint density at radius 3 is 0.708 bits per heavy atom. The van der Waals surface area contributed by atoms with Gasteiger partial charge in [0, 0.05) is 43.8 Å². The van der Waals surface area contributed by atoms with Crippen LogP contribution in [-0.2, 0) is 52.8 Å². The van der Waals surface area contributed by atoms with Crippen LogP contribution in [0.15, 0.2) is 65.3 Å². The lowest BCUT2D eigenvalue weighted by atomic mass is 9.77. The fraction of sp³-hybridized carbons (Fsp3) is 0.613. The average Bonchev–Trinajstić information content (AvgIpc) is 3.70. The van der Waals surface area contributed by atoms with Crippen LogP contribution in [0.2, 0.25) is 0 Å². The number of benzene rings is 4. The average molecular weight is 1020 g/mol. The second-order valence-electron chi connectivity index (χ2n) is 29.3. The topological polar surface area (TPSA) is 89.5 Å². The Hall–Kier alpha value is -3.48. The van der Waals surface area contributed by atoms with Crippen molar-refractivity contribution in [2.24, 2.45) is 0 Å². The molecule has 8 nitrogen and oxygen atoms in total. The first-order valence-corrected chi connectivity index (χ1v) is 28.6. The molecule has 72 heavy (non-hydrogen) atoms. The zero-order valence-electron chi connectivity index (χ0n) is 48.5. The predicted octanol–water partition coefficient (Wildman–Crippen LogP) is 18.4. The molecule has 0 radical (unpaired) electrons. The highest BCUT2D eigenvalue weighted by Gasteiger charge is 2.51. The minimum atomic E-state index is -2.00. The number of ether oxygens (including phenoxy) is 2. The molecule has 2 aliphatic rings. The standard InChI is InChI=1S/C62H88O8P2/c1-55(2,3)35-25-39-40-26-36(56(4,5)6)30-44(60(16,17)18)50(40)68-71(67-49(39)43(29-35)59(13,14)15)65-47-33-63-54-48(34-64-53(47)54)66-72-69-51-41(27-37(57(7,8)9)31-45(51)61(19,20)21)42-28-38(58(10,11)12)32-46(52(42)70-72)62(22,23)24/h25-32,47-48,53-54H,33-34H2,1-24H3. The molecule has 8 rings (SSSR count). The summed E-state index contributed by atoms with van der Waals surface area (Å²) in [4.78, 5) is 0. The largest absolute Gasteiger partial charge is 0.399 e. The molecule has 0 saturated carbocycles. The molecule has 0 spiro atoms. The van der Waals surface area contributed by atoms with Crippen molar-refractivity contribution in [3.63, 3.8) is 0 Å². The highest BCUT2D eigenvalue weighted by Crippen LogP contribution is 2.49. The van der Waals surface area contributed by atoms with E-state index in [2.05, 4.69) is 215 Å². The monoisotopic (exact) mass is 1020 g/mol. The summed E-state index contributed by atoms with van der Waals surface area (Å²) in [6.07, 6.45) is -1.86. The summed E-state index contributed by atoms with van der Waals surface area (Å²) in [6, 6.07) is 18.6. The van der Waals surface area contributed by atoms with E-state index in [1.165, 1.54) is 22.3 Å². The van der Waals surface area contributed by atoms with E-state index in [0.717, 1.165) is 66.1 Å². The van der Waals surface area contributed by atoms with Crippen LogP contribution in [0.3, 0.4) is 0 Å². The molecule has 4 aromatic carbocycles. The van der Waals surface area contributed by atoms with Crippen LogP contribution in [0.4, 0.5) is 0 Å². The van der Waals surface area contributed by atoms with E-state index in [1.54, 1.807) is 0 Å². The maximum absolute atomic E-state index is 7.17. The fourth-order valence-electron chi connectivity index (χ4n) is 9.92. The molecule has 4 heterocycles. The van der Waals surface area contributed by atoms with Gasteiger partial charge in [0.1, 0.15) is 46.7 Å². The zero-order valence-corrected chi connectivity index (χ0v) is 50.3. The van der Waals surface area contributed by atoms with E-state index < -0.39 is 40.9 Å². The smallest absolute Gasteiger partial charge is 0.387 e. The Morgan fingerprint density at radius 2 is 0.528 bits per heavy atom. The molecular weight excluding hydrogens is 935 g/mol. The molecule has 4 unspecified atom stereocenters. The summed E-state index contributed by atoms with van der Waals surface area (Å²) >= 11 is 0. The molecular formula is C62H88O8P2. The molecule has 6 aromatic rings. The summed E-state index contributed by atoms with van der Waals surface area (Å²) in [7, 11) is -4.00. The Kier molecular flexibility index (Phi) is 13.8. The lowest BCUT2D eigenvalue weighted by Crippen LogP contribution is -2.35. The van der Waals surface area contributed by atoms with E-state index in [0.29, 0.717) is 0 Å². The third-order valence-electron chi connectivity index (χ3n) is 14.7. The third kappa shape index (κ3) is 10.8. The lowest BCUT2D eigenvalue weighted by molar-refractivity contribution is 0.0401. The Labute approximate surface area is 433 Å². The van der Waals surface area contributed by atoms with E-state index in [9.17, 15) is 0 Å². The van der Waals surface area contributed by atoms with Gasteiger partial charge < -0.3 is 26.3 Å². The minimum absolute atomic E-state index is 0.108. The fourth-order valence-corrected chi connectivity index (χ4v) is 12.4. The molecule has 0 N–H and O–H groups in total. The summed E-state index contributed by atoms with van der Waals surface area (Å²) in [5.41, 5.74) is 11.2. The van der Waals surface area contributed by atoms with Gasteiger partial charge in [-0.3, -0.25) is 9.05 Å². The molecule has 4 atom stereocenters. The van der Waals surface area contributed by atoms with Crippen molar-refractivity contribution in [1.29, 1.82) is 0 Å². The van der Waals surface area contributed by atoms with Crippen LogP contribution in [0.1, 0.15) is 211 Å². The predicted molar refractivity (Wildman–Crippen MR) is 302 cm³/mol. The Bertz CT molecular complexity index is 2730. The highest BCUT2D eigenvalue weighted by atomic mass is 31.1. The van der Waals surface area contributed by atoms with Crippen molar-refractivity contribution < 1.29 is 35.3 Å². The van der Waals surface area contributed by atoms with E-state index >= 15 is 0 Å². The molecule has 2 aromatic heterocycles. The van der Waals surface area contributed by atoms with Gasteiger partial charge in [0.2, 0.25) is 0 Å². The first-order valence-electron chi connectivity index (χ1n) is 26.4. The number of fused-ring (bicyclic) bond motifs is 7. The van der Waals surface area contributed by atoms with Crippen molar-refractivity contribution in [2.45, 2.75) is 234 Å². The first kappa shape index (κ1) is 54.8. The second-order valence-corrected chi connectivity index (χ2v) is 31.3. The molecule has 2 saturated heterocycles. The molecule has 10 heteroatoms. The van der Waals surface area contributed by atoms with Gasteiger partial charge in [-0.15, -0.1) is 0 Å². The van der Waals surface area contributed by atoms with Gasteiger partial charge in [-0.1, -0.05) is 190 Å². The lowest BCUT2D eigenvalue weighted by Gasteiger charge is -2.27. The molecule has 2 aliphatic heterocycles. The summed E-state index contributed by atoms with van der Waals surface area (Å²) in [5, 5.41) is 4.11. The van der Waals surface area contributed by atoms with Crippen molar-refractivity contribution >= 4 is 60.4 Å². The quantitative estimate of drug-likeness (QED) is 0.173. The number of rotatable bonds is 4. The van der Waals surface area contributed by atoms with Gasteiger partial charge in [0.15, 0.2) is 0 Å². The third-order valence-corrected chi connectivity index (χ3v) is 16.9. The summed E-state index contributed by atoms with van der Waals surface area (Å²) in [5.74, 6) is 0. The maximum Gasteiger partial charge on any atom is 0.387 e. The number of hydrogen-bond acceptors (Lipinski definition) is 8.